The van der Waals surface area contributed by atoms with E-state index in [0.29, 0.717) is 34.0 Å². The van der Waals surface area contributed by atoms with Gasteiger partial charge in [-0.25, -0.2) is 9.97 Å². The second kappa shape index (κ2) is 11.7. The van der Waals surface area contributed by atoms with Gasteiger partial charge in [-0.1, -0.05) is 36.9 Å². The van der Waals surface area contributed by atoms with Crippen LogP contribution in [-0.4, -0.2) is 71.7 Å². The number of benzene rings is 2. The molecule has 0 atom stereocenters. The summed E-state index contributed by atoms with van der Waals surface area (Å²) in [7, 11) is 9.15. The lowest BCUT2D eigenvalue weighted by Crippen LogP contribution is -2.29. The predicted octanol–water partition coefficient (Wildman–Crippen LogP) is 3.27. The van der Waals surface area contributed by atoms with Gasteiger partial charge in [-0.05, 0) is 26.2 Å². The quantitative estimate of drug-likeness (QED) is 0.299. The molecule has 0 fully saturated rings. The number of methoxy groups -OCH3 is 1. The van der Waals surface area contributed by atoms with E-state index >= 15 is 0 Å². The van der Waals surface area contributed by atoms with E-state index in [1.54, 1.807) is 26.4 Å². The summed E-state index contributed by atoms with van der Waals surface area (Å²) in [6.45, 7) is 5.10. The first-order valence-electron chi connectivity index (χ1n) is 12.3. The highest BCUT2D eigenvalue weighted by atomic mass is 16.5. The second-order valence-corrected chi connectivity index (χ2v) is 9.21. The maximum Gasteiger partial charge on any atom is 0.278 e. The number of hydrogen-bond acceptors (Lipinski definition) is 9. The third-order valence-electron chi connectivity index (χ3n) is 6.16. The molecule has 0 saturated heterocycles. The molecule has 2 N–H and O–H groups in total. The molecule has 0 aliphatic heterocycles. The smallest absolute Gasteiger partial charge is 0.278 e. The summed E-state index contributed by atoms with van der Waals surface area (Å²) in [5.74, 6) is 0.416. The number of likely N-dealkylation sites (N-methyl/N-ethyl adjacent to an activating group) is 2. The van der Waals surface area contributed by atoms with Crippen LogP contribution in [0.4, 0.5) is 23.0 Å². The highest BCUT2D eigenvalue weighted by Crippen LogP contribution is 2.38. The third-order valence-corrected chi connectivity index (χ3v) is 6.16. The fraction of sp³-hybridized carbons (Fsp3) is 0.250. The van der Waals surface area contributed by atoms with Crippen molar-refractivity contribution in [1.82, 2.24) is 24.4 Å². The number of aryl methyl sites for hydroxylation is 1. The van der Waals surface area contributed by atoms with E-state index in [2.05, 4.69) is 37.1 Å². The monoisotopic (exact) mass is 528 g/mol. The van der Waals surface area contributed by atoms with Crippen LogP contribution in [0.3, 0.4) is 0 Å². The third kappa shape index (κ3) is 6.04. The highest BCUT2D eigenvalue weighted by molar-refractivity contribution is 6.02. The fourth-order valence-corrected chi connectivity index (χ4v) is 3.99. The number of rotatable bonds is 10. The highest BCUT2D eigenvalue weighted by Gasteiger charge is 2.18. The van der Waals surface area contributed by atoms with Crippen molar-refractivity contribution in [2.45, 2.75) is 0 Å². The molecule has 11 nitrogen and oxygen atoms in total. The first-order chi connectivity index (χ1) is 18.7. The molecule has 0 aliphatic carbocycles. The van der Waals surface area contributed by atoms with Gasteiger partial charge >= 0.3 is 0 Å². The van der Waals surface area contributed by atoms with Crippen molar-refractivity contribution in [2.24, 2.45) is 7.05 Å². The van der Waals surface area contributed by atoms with Gasteiger partial charge in [-0.2, -0.15) is 4.98 Å². The van der Waals surface area contributed by atoms with Crippen molar-refractivity contribution in [3.8, 4) is 17.0 Å². The summed E-state index contributed by atoms with van der Waals surface area (Å²) in [4.78, 5) is 42.9. The Morgan fingerprint density at radius 1 is 1.10 bits per heavy atom. The van der Waals surface area contributed by atoms with Crippen molar-refractivity contribution in [3.05, 3.63) is 71.7 Å². The van der Waals surface area contributed by atoms with Crippen LogP contribution in [0.5, 0.6) is 5.75 Å². The molecular formula is C28H32N8O3. The predicted molar refractivity (Wildman–Crippen MR) is 155 cm³/mol. The Hall–Kier alpha value is -4.77. The van der Waals surface area contributed by atoms with Crippen LogP contribution in [0.2, 0.25) is 0 Å². The molecule has 202 valence electrons. The van der Waals surface area contributed by atoms with Crippen LogP contribution in [-0.2, 0) is 11.8 Å². The topological polar surface area (TPSA) is 118 Å². The maximum absolute atomic E-state index is 13.1. The molecular weight excluding hydrogens is 496 g/mol. The number of aromatic nitrogens is 4. The van der Waals surface area contributed by atoms with Gasteiger partial charge in [0.15, 0.2) is 5.65 Å². The van der Waals surface area contributed by atoms with Gasteiger partial charge in [-0.15, -0.1) is 0 Å². The summed E-state index contributed by atoms with van der Waals surface area (Å²) in [5.41, 5.74) is 3.49. The number of nitrogens with zero attached hydrogens (tertiary/aromatic N) is 6. The number of amides is 1. The first-order valence-corrected chi connectivity index (χ1v) is 12.3. The minimum absolute atomic E-state index is 0.236. The number of fused-ring (bicyclic) bond motifs is 1. The van der Waals surface area contributed by atoms with E-state index in [1.807, 2.05) is 62.4 Å². The molecule has 1 amide bonds. The Morgan fingerprint density at radius 2 is 1.85 bits per heavy atom. The molecule has 4 aromatic rings. The number of carbonyl (C=O) groups is 1. The maximum atomic E-state index is 13.1. The van der Waals surface area contributed by atoms with Crippen LogP contribution >= 0.6 is 0 Å². The standard InChI is InChI=1S/C28H32N8O3/c1-7-24(37)30-19-15-20(23(39-6)16-22(19)35(4)14-13-34(2)3)32-28-29-17-21-26(33-28)36(5)27(38)25(31-21)18-11-9-8-10-12-18/h7-12,15-17H,1,13-14H2,2-6H3,(H,30,37)(H,29,32,33). The van der Waals surface area contributed by atoms with Crippen molar-refractivity contribution in [3.63, 3.8) is 0 Å². The lowest BCUT2D eigenvalue weighted by molar-refractivity contribution is -0.111. The number of anilines is 4. The Kier molecular flexibility index (Phi) is 8.21. The van der Waals surface area contributed by atoms with Crippen LogP contribution in [0, 0.1) is 0 Å². The summed E-state index contributed by atoms with van der Waals surface area (Å²) in [6.07, 6.45) is 2.78. The van der Waals surface area contributed by atoms with Gasteiger partial charge in [0.1, 0.15) is 17.0 Å². The Balaban J connectivity index is 1.73. The molecule has 0 radical (unpaired) electrons. The molecule has 39 heavy (non-hydrogen) atoms. The molecule has 2 heterocycles. The van der Waals surface area contributed by atoms with Gasteiger partial charge in [0.05, 0.1) is 30.4 Å². The van der Waals surface area contributed by atoms with Crippen molar-refractivity contribution in [1.29, 1.82) is 0 Å². The molecule has 2 aromatic heterocycles. The molecule has 0 saturated carbocycles. The second-order valence-electron chi connectivity index (χ2n) is 9.21. The number of hydrogen-bond donors (Lipinski definition) is 2. The van der Waals surface area contributed by atoms with E-state index < -0.39 is 0 Å². The van der Waals surface area contributed by atoms with E-state index in [9.17, 15) is 9.59 Å². The average molecular weight is 529 g/mol. The molecule has 0 bridgehead atoms. The van der Waals surface area contributed by atoms with Gasteiger partial charge in [0.2, 0.25) is 11.9 Å². The zero-order valence-corrected chi connectivity index (χ0v) is 22.7. The fourth-order valence-electron chi connectivity index (χ4n) is 3.99. The lowest BCUT2D eigenvalue weighted by atomic mass is 10.1. The zero-order chi connectivity index (χ0) is 28.1. The van der Waals surface area contributed by atoms with Gasteiger partial charge in [0.25, 0.3) is 5.56 Å². The molecule has 0 unspecified atom stereocenters. The SMILES string of the molecule is C=CC(=O)Nc1cc(Nc2ncc3nc(-c4ccccc4)c(=O)n(C)c3n2)c(OC)cc1N(C)CCN(C)C. The molecule has 0 spiro atoms. The van der Waals surface area contributed by atoms with Gasteiger partial charge in [-0.3, -0.25) is 14.2 Å². The Morgan fingerprint density at radius 3 is 2.51 bits per heavy atom. The van der Waals surface area contributed by atoms with E-state index in [4.69, 9.17) is 4.74 Å². The summed E-state index contributed by atoms with van der Waals surface area (Å²) in [5, 5.41) is 6.03. The van der Waals surface area contributed by atoms with Crippen molar-refractivity contribution >= 4 is 40.1 Å². The minimum Gasteiger partial charge on any atom is -0.494 e. The zero-order valence-electron chi connectivity index (χ0n) is 22.7. The molecule has 2 aromatic carbocycles. The lowest BCUT2D eigenvalue weighted by Gasteiger charge is -2.26. The Labute approximate surface area is 226 Å². The van der Waals surface area contributed by atoms with E-state index in [1.165, 1.54) is 10.6 Å². The van der Waals surface area contributed by atoms with E-state index in [-0.39, 0.29) is 17.4 Å². The molecule has 0 aliphatic rings. The summed E-state index contributed by atoms with van der Waals surface area (Å²) in [6, 6.07) is 12.9. The van der Waals surface area contributed by atoms with Crippen LogP contribution in [0.15, 0.2) is 66.1 Å². The van der Waals surface area contributed by atoms with Crippen molar-refractivity contribution < 1.29 is 9.53 Å². The number of nitrogens with one attached hydrogen (secondary N) is 2. The normalized spacial score (nSPS) is 10.9. The van der Waals surface area contributed by atoms with Crippen LogP contribution < -0.4 is 25.8 Å². The van der Waals surface area contributed by atoms with Crippen molar-refractivity contribution in [2.75, 3.05) is 56.9 Å². The summed E-state index contributed by atoms with van der Waals surface area (Å²) >= 11 is 0. The molecule has 11 heteroatoms. The minimum atomic E-state index is -0.342. The van der Waals surface area contributed by atoms with E-state index in [0.717, 1.165) is 24.3 Å². The first kappa shape index (κ1) is 27.3. The van der Waals surface area contributed by atoms with Crippen LogP contribution in [0.25, 0.3) is 22.4 Å². The Bertz CT molecular complexity index is 1570. The van der Waals surface area contributed by atoms with Gasteiger partial charge < -0.3 is 25.2 Å². The van der Waals surface area contributed by atoms with Crippen LogP contribution in [0.1, 0.15) is 0 Å². The summed E-state index contributed by atoms with van der Waals surface area (Å²) < 4.78 is 7.11. The largest absolute Gasteiger partial charge is 0.494 e. The average Bonchev–Trinajstić information content (AvgIpc) is 2.94. The molecule has 4 rings (SSSR count). The number of carbonyl (C=O) groups excluding carboxylic acids is 1. The number of ether oxygens (including phenoxy) is 1. The van der Waals surface area contributed by atoms with Gasteiger partial charge in [0, 0.05) is 38.8 Å².